The molecular formula is C15H20FNO3. The van der Waals surface area contributed by atoms with Gasteiger partial charge in [-0.25, -0.2) is 4.39 Å². The van der Waals surface area contributed by atoms with E-state index in [-0.39, 0.29) is 43.3 Å². The van der Waals surface area contributed by atoms with Crippen molar-refractivity contribution in [3.63, 3.8) is 0 Å². The first-order valence-electron chi connectivity index (χ1n) is 6.74. The molecule has 0 aromatic heterocycles. The second kappa shape index (κ2) is 5.89. The van der Waals surface area contributed by atoms with Crippen molar-refractivity contribution in [2.75, 3.05) is 19.8 Å². The third kappa shape index (κ3) is 3.35. The summed E-state index contributed by atoms with van der Waals surface area (Å²) in [5.41, 5.74) is 0.272. The highest BCUT2D eigenvalue weighted by atomic mass is 19.1. The van der Waals surface area contributed by atoms with E-state index in [2.05, 4.69) is 5.32 Å². The van der Waals surface area contributed by atoms with E-state index in [1.54, 1.807) is 19.1 Å². The maximum Gasteiger partial charge on any atom is 0.223 e. The second-order valence-corrected chi connectivity index (χ2v) is 5.84. The lowest BCUT2D eigenvalue weighted by atomic mass is 9.93. The molecule has 1 aliphatic carbocycles. The number of carbonyl (C=O) groups is 1. The Morgan fingerprint density at radius 1 is 1.35 bits per heavy atom. The second-order valence-electron chi connectivity index (χ2n) is 5.84. The standard InChI is InChI=1S/C15H20FNO3/c1-15(8-18,9-19)7-17-14(20)13-6-12(13)10-2-4-11(16)5-3-10/h2-5,12-13,18-19H,6-9H2,1H3,(H,17,20)/t12-,13+/m0/s1. The van der Waals surface area contributed by atoms with Crippen molar-refractivity contribution in [3.8, 4) is 0 Å². The van der Waals surface area contributed by atoms with Crippen LogP contribution < -0.4 is 5.32 Å². The monoisotopic (exact) mass is 281 g/mol. The van der Waals surface area contributed by atoms with Crippen LogP contribution in [0.15, 0.2) is 24.3 Å². The van der Waals surface area contributed by atoms with Crippen LogP contribution in [0.3, 0.4) is 0 Å². The van der Waals surface area contributed by atoms with Crippen molar-refractivity contribution in [1.29, 1.82) is 0 Å². The first-order valence-corrected chi connectivity index (χ1v) is 6.74. The largest absolute Gasteiger partial charge is 0.396 e. The zero-order valence-electron chi connectivity index (χ0n) is 11.5. The number of halogens is 1. The van der Waals surface area contributed by atoms with E-state index >= 15 is 0 Å². The van der Waals surface area contributed by atoms with Gasteiger partial charge in [0.05, 0.1) is 13.2 Å². The Morgan fingerprint density at radius 3 is 2.50 bits per heavy atom. The highest BCUT2D eigenvalue weighted by Crippen LogP contribution is 2.47. The lowest BCUT2D eigenvalue weighted by molar-refractivity contribution is -0.123. The van der Waals surface area contributed by atoms with Gasteiger partial charge in [-0.1, -0.05) is 19.1 Å². The van der Waals surface area contributed by atoms with Crippen LogP contribution in [0, 0.1) is 17.2 Å². The van der Waals surface area contributed by atoms with E-state index in [4.69, 9.17) is 10.2 Å². The molecule has 0 saturated heterocycles. The molecule has 1 aliphatic rings. The Labute approximate surface area is 117 Å². The number of benzene rings is 1. The summed E-state index contributed by atoms with van der Waals surface area (Å²) in [6.45, 7) is 1.58. The van der Waals surface area contributed by atoms with Crippen molar-refractivity contribution in [2.24, 2.45) is 11.3 Å². The molecule has 0 bridgehead atoms. The van der Waals surface area contributed by atoms with Gasteiger partial charge in [-0.3, -0.25) is 4.79 Å². The highest BCUT2D eigenvalue weighted by Gasteiger charge is 2.44. The van der Waals surface area contributed by atoms with E-state index in [9.17, 15) is 9.18 Å². The minimum atomic E-state index is -0.698. The van der Waals surface area contributed by atoms with Crippen LogP contribution in [0.4, 0.5) is 4.39 Å². The van der Waals surface area contributed by atoms with Crippen LogP contribution in [-0.4, -0.2) is 35.9 Å². The molecule has 1 aromatic carbocycles. The van der Waals surface area contributed by atoms with Gasteiger partial charge in [0.1, 0.15) is 5.82 Å². The number of hydrogen-bond acceptors (Lipinski definition) is 3. The molecule has 0 radical (unpaired) electrons. The van der Waals surface area contributed by atoms with Gasteiger partial charge in [0.25, 0.3) is 0 Å². The van der Waals surface area contributed by atoms with E-state index in [0.29, 0.717) is 0 Å². The number of nitrogens with one attached hydrogen (secondary N) is 1. The van der Waals surface area contributed by atoms with Crippen LogP contribution >= 0.6 is 0 Å². The van der Waals surface area contributed by atoms with Crippen molar-refractivity contribution < 1.29 is 19.4 Å². The molecule has 3 N–H and O–H groups in total. The van der Waals surface area contributed by atoms with Crippen molar-refractivity contribution in [1.82, 2.24) is 5.32 Å². The SMILES string of the molecule is CC(CO)(CO)CNC(=O)[C@@H]1C[C@H]1c1ccc(F)cc1. The molecule has 0 heterocycles. The molecule has 4 nitrogen and oxygen atoms in total. The van der Waals surface area contributed by atoms with Crippen LogP contribution in [0.1, 0.15) is 24.8 Å². The smallest absolute Gasteiger partial charge is 0.223 e. The summed E-state index contributed by atoms with van der Waals surface area (Å²) in [6.07, 6.45) is 0.756. The Bertz CT molecular complexity index is 471. The van der Waals surface area contributed by atoms with Crippen LogP contribution in [0.2, 0.25) is 0 Å². The van der Waals surface area contributed by atoms with Gasteiger partial charge in [0.2, 0.25) is 5.91 Å². The molecule has 1 saturated carbocycles. The van der Waals surface area contributed by atoms with Crippen molar-refractivity contribution >= 4 is 5.91 Å². The predicted octanol–water partition coefficient (Wildman–Crippen LogP) is 1.04. The Morgan fingerprint density at radius 2 is 1.95 bits per heavy atom. The summed E-state index contributed by atoms with van der Waals surface area (Å²) in [6, 6.07) is 6.21. The highest BCUT2D eigenvalue weighted by molar-refractivity contribution is 5.82. The number of hydrogen-bond donors (Lipinski definition) is 3. The number of aliphatic hydroxyl groups excluding tert-OH is 2. The number of amides is 1. The Hall–Kier alpha value is -1.46. The zero-order valence-corrected chi connectivity index (χ0v) is 11.5. The third-order valence-electron chi connectivity index (χ3n) is 3.88. The fraction of sp³-hybridized carbons (Fsp3) is 0.533. The van der Waals surface area contributed by atoms with E-state index in [1.165, 1.54) is 12.1 Å². The molecule has 110 valence electrons. The lowest BCUT2D eigenvalue weighted by Gasteiger charge is -2.24. The molecule has 0 spiro atoms. The van der Waals surface area contributed by atoms with E-state index < -0.39 is 5.41 Å². The normalized spacial score (nSPS) is 21.6. The third-order valence-corrected chi connectivity index (χ3v) is 3.88. The predicted molar refractivity (Wildman–Crippen MR) is 72.5 cm³/mol. The van der Waals surface area contributed by atoms with Gasteiger partial charge in [0.15, 0.2) is 0 Å². The van der Waals surface area contributed by atoms with Gasteiger partial charge in [-0.15, -0.1) is 0 Å². The number of aliphatic hydroxyl groups is 2. The van der Waals surface area contributed by atoms with Crippen LogP contribution in [-0.2, 0) is 4.79 Å². The quantitative estimate of drug-likeness (QED) is 0.729. The topological polar surface area (TPSA) is 69.6 Å². The number of carbonyl (C=O) groups excluding carboxylic acids is 1. The van der Waals surface area contributed by atoms with E-state index in [0.717, 1.165) is 12.0 Å². The maximum absolute atomic E-state index is 12.8. The average Bonchev–Trinajstić information content (AvgIpc) is 3.26. The minimum Gasteiger partial charge on any atom is -0.396 e. The van der Waals surface area contributed by atoms with Crippen LogP contribution in [0.5, 0.6) is 0 Å². The molecule has 1 fully saturated rings. The summed E-state index contributed by atoms with van der Waals surface area (Å²) in [5.74, 6) is -0.309. The molecule has 20 heavy (non-hydrogen) atoms. The zero-order chi connectivity index (χ0) is 14.8. The summed E-state index contributed by atoms with van der Waals surface area (Å²) < 4.78 is 12.8. The van der Waals surface area contributed by atoms with Gasteiger partial charge in [0, 0.05) is 17.9 Å². The molecule has 0 aliphatic heterocycles. The summed E-state index contributed by atoms with van der Waals surface area (Å²) >= 11 is 0. The lowest BCUT2D eigenvalue weighted by Crippen LogP contribution is -2.41. The molecule has 2 rings (SSSR count). The van der Waals surface area contributed by atoms with E-state index in [1.807, 2.05) is 0 Å². The van der Waals surface area contributed by atoms with Gasteiger partial charge in [-0.2, -0.15) is 0 Å². The number of rotatable bonds is 6. The summed E-state index contributed by atoms with van der Waals surface area (Å²) in [4.78, 5) is 12.0. The Kier molecular flexibility index (Phi) is 4.40. The first kappa shape index (κ1) is 14.9. The molecule has 2 atom stereocenters. The fourth-order valence-corrected chi connectivity index (χ4v) is 2.16. The molecule has 0 unspecified atom stereocenters. The van der Waals surface area contributed by atoms with Crippen LogP contribution in [0.25, 0.3) is 0 Å². The molecule has 5 heteroatoms. The summed E-state index contributed by atoms with van der Waals surface area (Å²) in [5, 5.41) is 21.1. The molecule has 1 amide bonds. The van der Waals surface area contributed by atoms with Gasteiger partial charge < -0.3 is 15.5 Å². The Balaban J connectivity index is 1.86. The first-order chi connectivity index (χ1) is 9.49. The van der Waals surface area contributed by atoms with Crippen molar-refractivity contribution in [3.05, 3.63) is 35.6 Å². The van der Waals surface area contributed by atoms with Gasteiger partial charge in [-0.05, 0) is 30.0 Å². The average molecular weight is 281 g/mol. The van der Waals surface area contributed by atoms with Crippen molar-refractivity contribution in [2.45, 2.75) is 19.3 Å². The molecular weight excluding hydrogens is 261 g/mol. The summed E-state index contributed by atoms with van der Waals surface area (Å²) in [7, 11) is 0. The minimum absolute atomic E-state index is 0.0764. The maximum atomic E-state index is 12.8. The van der Waals surface area contributed by atoms with Gasteiger partial charge >= 0.3 is 0 Å². The molecule has 1 aromatic rings. The fourth-order valence-electron chi connectivity index (χ4n) is 2.16.